The van der Waals surface area contributed by atoms with E-state index in [4.69, 9.17) is 8.94 Å². The molecule has 2 aromatic heterocycles. The molecule has 0 bridgehead atoms. The van der Waals surface area contributed by atoms with Crippen molar-refractivity contribution in [3.8, 4) is 0 Å². The number of furan rings is 1. The summed E-state index contributed by atoms with van der Waals surface area (Å²) in [5, 5.41) is 4.09. The van der Waals surface area contributed by atoms with Gasteiger partial charge in [0.2, 0.25) is 0 Å². The Labute approximate surface area is 119 Å². The van der Waals surface area contributed by atoms with E-state index in [0.717, 1.165) is 43.1 Å². The van der Waals surface area contributed by atoms with Gasteiger partial charge < -0.3 is 8.94 Å². The molecule has 108 valence electrons. The highest BCUT2D eigenvalue weighted by atomic mass is 16.5. The molecule has 3 heterocycles. The summed E-state index contributed by atoms with van der Waals surface area (Å²) in [7, 11) is 0. The fraction of sp³-hybridized carbons (Fsp3) is 0.562. The number of hydrogen-bond donors (Lipinski definition) is 0. The fourth-order valence-electron chi connectivity index (χ4n) is 2.96. The van der Waals surface area contributed by atoms with Crippen LogP contribution in [-0.2, 0) is 13.0 Å². The minimum atomic E-state index is 0.364. The molecule has 0 aromatic carbocycles. The van der Waals surface area contributed by atoms with Crippen LogP contribution in [-0.4, -0.2) is 16.6 Å². The van der Waals surface area contributed by atoms with Crippen molar-refractivity contribution < 1.29 is 8.94 Å². The van der Waals surface area contributed by atoms with E-state index in [9.17, 15) is 0 Å². The van der Waals surface area contributed by atoms with E-state index in [0.29, 0.717) is 6.04 Å². The van der Waals surface area contributed by atoms with Crippen LogP contribution in [0.1, 0.15) is 55.9 Å². The van der Waals surface area contributed by atoms with Crippen molar-refractivity contribution in [1.29, 1.82) is 0 Å². The zero-order chi connectivity index (χ0) is 13.8. The Kier molecular flexibility index (Phi) is 4.21. The number of rotatable bonds is 4. The van der Waals surface area contributed by atoms with Crippen molar-refractivity contribution in [2.24, 2.45) is 0 Å². The first-order chi connectivity index (χ1) is 9.86. The van der Waals surface area contributed by atoms with Gasteiger partial charge in [-0.15, -0.1) is 0 Å². The van der Waals surface area contributed by atoms with Gasteiger partial charge in [0.15, 0.2) is 5.76 Å². The first-order valence-corrected chi connectivity index (χ1v) is 7.58. The normalized spacial score (nSPS) is 20.9. The monoisotopic (exact) mass is 274 g/mol. The Hall–Kier alpha value is -1.55. The summed E-state index contributed by atoms with van der Waals surface area (Å²) < 4.78 is 11.1. The number of likely N-dealkylation sites (tertiary alicyclic amines) is 1. The molecule has 0 unspecified atom stereocenters. The zero-order valence-corrected chi connectivity index (χ0v) is 12.0. The van der Waals surface area contributed by atoms with Crippen molar-refractivity contribution in [3.63, 3.8) is 0 Å². The number of hydrogen-bond acceptors (Lipinski definition) is 4. The summed E-state index contributed by atoms with van der Waals surface area (Å²) >= 11 is 0. The number of nitrogens with zero attached hydrogens (tertiary/aromatic N) is 2. The smallest absolute Gasteiger partial charge is 0.150 e. The van der Waals surface area contributed by atoms with Crippen LogP contribution in [0, 0.1) is 0 Å². The molecule has 0 saturated carbocycles. The molecular weight excluding hydrogens is 252 g/mol. The van der Waals surface area contributed by atoms with Gasteiger partial charge in [0.1, 0.15) is 5.76 Å². The van der Waals surface area contributed by atoms with Crippen LogP contribution in [0.4, 0.5) is 0 Å². The molecule has 1 atom stereocenters. The topological polar surface area (TPSA) is 42.4 Å². The second-order valence-electron chi connectivity index (χ2n) is 5.49. The highest BCUT2D eigenvalue weighted by Gasteiger charge is 2.25. The van der Waals surface area contributed by atoms with Crippen molar-refractivity contribution >= 4 is 0 Å². The maximum Gasteiger partial charge on any atom is 0.150 e. The summed E-state index contributed by atoms with van der Waals surface area (Å²) in [6.07, 6.45) is 7.64. The summed E-state index contributed by atoms with van der Waals surface area (Å²) in [6, 6.07) is 6.50. The van der Waals surface area contributed by atoms with Crippen molar-refractivity contribution in [2.75, 3.05) is 6.54 Å². The van der Waals surface area contributed by atoms with Gasteiger partial charge in [-0.05, 0) is 37.9 Å². The Bertz CT molecular complexity index is 518. The van der Waals surface area contributed by atoms with Gasteiger partial charge in [-0.2, -0.15) is 0 Å². The Morgan fingerprint density at radius 1 is 1.35 bits per heavy atom. The SMILES string of the molecule is CCc1cc(CN2CCCCC[C@@H]2c2ccco2)on1. The third-order valence-corrected chi connectivity index (χ3v) is 4.06. The molecule has 1 saturated heterocycles. The standard InChI is InChI=1S/C16H22N2O2/c1-2-13-11-14(20-17-13)12-18-9-5-3-4-7-15(18)16-8-6-10-19-16/h6,8,10-11,15H,2-5,7,9,12H2,1H3/t15-/m1/s1. The molecule has 1 fully saturated rings. The van der Waals surface area contributed by atoms with Gasteiger partial charge in [0, 0.05) is 6.07 Å². The minimum Gasteiger partial charge on any atom is -0.468 e. The van der Waals surface area contributed by atoms with Crippen LogP contribution in [0.5, 0.6) is 0 Å². The maximum absolute atomic E-state index is 5.63. The van der Waals surface area contributed by atoms with E-state index in [1.54, 1.807) is 6.26 Å². The molecule has 0 aliphatic carbocycles. The maximum atomic E-state index is 5.63. The van der Waals surface area contributed by atoms with Crippen LogP contribution in [0.25, 0.3) is 0 Å². The first kappa shape index (κ1) is 13.4. The van der Waals surface area contributed by atoms with Gasteiger partial charge in [-0.3, -0.25) is 4.90 Å². The van der Waals surface area contributed by atoms with E-state index in [2.05, 4.69) is 29.1 Å². The average Bonchev–Trinajstić information content (AvgIpc) is 3.09. The minimum absolute atomic E-state index is 0.364. The highest BCUT2D eigenvalue weighted by molar-refractivity contribution is 5.08. The summed E-state index contributed by atoms with van der Waals surface area (Å²) in [5.41, 5.74) is 1.03. The van der Waals surface area contributed by atoms with Crippen LogP contribution >= 0.6 is 0 Å². The van der Waals surface area contributed by atoms with Crippen LogP contribution in [0.3, 0.4) is 0 Å². The average molecular weight is 274 g/mol. The summed E-state index contributed by atoms with van der Waals surface area (Å²) in [6.45, 7) is 4.01. The summed E-state index contributed by atoms with van der Waals surface area (Å²) in [4.78, 5) is 2.46. The molecule has 20 heavy (non-hydrogen) atoms. The van der Waals surface area contributed by atoms with Gasteiger partial charge >= 0.3 is 0 Å². The van der Waals surface area contributed by atoms with Crippen molar-refractivity contribution in [1.82, 2.24) is 10.1 Å². The van der Waals surface area contributed by atoms with Crippen LogP contribution in [0.15, 0.2) is 33.4 Å². The third-order valence-electron chi connectivity index (χ3n) is 4.06. The van der Waals surface area contributed by atoms with Crippen molar-refractivity contribution in [2.45, 2.75) is 51.6 Å². The second kappa shape index (κ2) is 6.27. The molecule has 4 heteroatoms. The molecule has 0 radical (unpaired) electrons. The largest absolute Gasteiger partial charge is 0.468 e. The third kappa shape index (κ3) is 2.96. The Morgan fingerprint density at radius 3 is 3.05 bits per heavy atom. The first-order valence-electron chi connectivity index (χ1n) is 7.58. The van der Waals surface area contributed by atoms with Crippen LogP contribution in [0.2, 0.25) is 0 Å². The van der Waals surface area contributed by atoms with Gasteiger partial charge in [-0.1, -0.05) is 24.9 Å². The zero-order valence-electron chi connectivity index (χ0n) is 12.0. The van der Waals surface area contributed by atoms with Gasteiger partial charge in [-0.25, -0.2) is 0 Å². The lowest BCUT2D eigenvalue weighted by Crippen LogP contribution is -2.27. The van der Waals surface area contributed by atoms with Gasteiger partial charge in [0.25, 0.3) is 0 Å². The van der Waals surface area contributed by atoms with E-state index >= 15 is 0 Å². The van der Waals surface area contributed by atoms with E-state index in [-0.39, 0.29) is 0 Å². The van der Waals surface area contributed by atoms with E-state index < -0.39 is 0 Å². The predicted octanol–water partition coefficient (Wildman–Crippen LogP) is 3.95. The highest BCUT2D eigenvalue weighted by Crippen LogP contribution is 2.31. The fourth-order valence-corrected chi connectivity index (χ4v) is 2.96. The summed E-state index contributed by atoms with van der Waals surface area (Å²) in [5.74, 6) is 2.03. The lowest BCUT2D eigenvalue weighted by Gasteiger charge is -2.27. The second-order valence-corrected chi connectivity index (χ2v) is 5.49. The molecule has 2 aromatic rings. The van der Waals surface area contributed by atoms with Gasteiger partial charge in [0.05, 0.1) is 24.5 Å². The Morgan fingerprint density at radius 2 is 2.30 bits per heavy atom. The Balaban J connectivity index is 1.76. The molecule has 0 spiro atoms. The number of aryl methyl sites for hydroxylation is 1. The molecule has 1 aliphatic rings. The van der Waals surface area contributed by atoms with Crippen molar-refractivity contribution in [3.05, 3.63) is 41.7 Å². The molecule has 4 nitrogen and oxygen atoms in total. The lowest BCUT2D eigenvalue weighted by atomic mass is 10.1. The van der Waals surface area contributed by atoms with E-state index in [1.165, 1.54) is 19.3 Å². The molecule has 1 aliphatic heterocycles. The molecule has 0 amide bonds. The predicted molar refractivity (Wildman–Crippen MR) is 76.2 cm³/mol. The quantitative estimate of drug-likeness (QED) is 0.846. The number of aromatic nitrogens is 1. The molecular formula is C16H22N2O2. The molecule has 0 N–H and O–H groups in total. The lowest BCUT2D eigenvalue weighted by molar-refractivity contribution is 0.152. The van der Waals surface area contributed by atoms with Crippen LogP contribution < -0.4 is 0 Å². The van der Waals surface area contributed by atoms with E-state index in [1.807, 2.05) is 6.07 Å². The molecule has 3 rings (SSSR count).